The highest BCUT2D eigenvalue weighted by Gasteiger charge is 2.10. The van der Waals surface area contributed by atoms with Crippen molar-refractivity contribution in [3.05, 3.63) is 96.6 Å². The number of benzene rings is 3. The summed E-state index contributed by atoms with van der Waals surface area (Å²) in [5, 5.41) is 5.22. The molecule has 1 amide bonds. The van der Waals surface area contributed by atoms with Gasteiger partial charge in [-0.05, 0) is 69.0 Å². The van der Waals surface area contributed by atoms with Crippen LogP contribution in [0.5, 0.6) is 5.75 Å². The second-order valence-corrected chi connectivity index (χ2v) is 8.52. The number of rotatable bonds is 7. The third-order valence-electron chi connectivity index (χ3n) is 4.07. The molecule has 1 N–H and O–H groups in total. The van der Waals surface area contributed by atoms with Gasteiger partial charge in [0.15, 0.2) is 5.75 Å². The van der Waals surface area contributed by atoms with Crippen LogP contribution >= 0.6 is 50.7 Å². The van der Waals surface area contributed by atoms with Crippen LogP contribution in [0.15, 0.2) is 64.2 Å². The fourth-order valence-corrected chi connectivity index (χ4v) is 3.89. The molecule has 0 aliphatic carbocycles. The normalized spacial score (nSPS) is 11.0. The van der Waals surface area contributed by atoms with E-state index in [1.165, 1.54) is 18.3 Å². The van der Waals surface area contributed by atoms with E-state index in [-0.39, 0.29) is 24.8 Å². The predicted molar refractivity (Wildman–Crippen MR) is 126 cm³/mol. The molecule has 0 radical (unpaired) electrons. The summed E-state index contributed by atoms with van der Waals surface area (Å²) in [6, 6.07) is 14.3. The quantitative estimate of drug-likeness (QED) is 0.262. The van der Waals surface area contributed by atoms with Gasteiger partial charge in [0.25, 0.3) is 0 Å². The molecule has 4 nitrogen and oxygen atoms in total. The number of carbonyl (C=O) groups excluding carboxylic acids is 1. The lowest BCUT2D eigenvalue weighted by Crippen LogP contribution is -2.19. The topological polar surface area (TPSA) is 50.7 Å². The molecule has 3 aromatic rings. The molecule has 0 saturated carbocycles. The van der Waals surface area contributed by atoms with Gasteiger partial charge >= 0.3 is 0 Å². The molecule has 0 aliphatic heterocycles. The molecule has 3 rings (SSSR count). The van der Waals surface area contributed by atoms with Gasteiger partial charge in [0.1, 0.15) is 12.4 Å². The summed E-state index contributed by atoms with van der Waals surface area (Å²) in [6.07, 6.45) is 1.55. The third-order valence-corrected chi connectivity index (χ3v) is 5.68. The van der Waals surface area contributed by atoms with Crippen molar-refractivity contribution in [3.8, 4) is 5.75 Å². The Morgan fingerprint density at radius 3 is 2.39 bits per heavy atom. The lowest BCUT2D eigenvalue weighted by atomic mass is 10.1. The summed E-state index contributed by atoms with van der Waals surface area (Å²) in [6.45, 7) is 0.252. The highest BCUT2D eigenvalue weighted by Crippen LogP contribution is 2.35. The zero-order chi connectivity index (χ0) is 22.4. The monoisotopic (exact) mass is 542 g/mol. The van der Waals surface area contributed by atoms with Gasteiger partial charge in [-0.2, -0.15) is 5.10 Å². The maximum absolute atomic E-state index is 12.9. The number of halogens is 5. The number of hydrogen-bond donors (Lipinski definition) is 1. The number of nitrogens with zero attached hydrogens (tertiary/aromatic N) is 1. The molecule has 160 valence electrons. The SMILES string of the molecule is O=C(Cc1ccc(F)cc1)N/N=C/c1cc(Cl)c(OCc2ccc(Cl)c(Cl)c2)c(Br)c1. The summed E-state index contributed by atoms with van der Waals surface area (Å²) in [5.74, 6) is -0.214. The first-order valence-corrected chi connectivity index (χ1v) is 10.9. The Bertz CT molecular complexity index is 1100. The summed E-state index contributed by atoms with van der Waals surface area (Å²) >= 11 is 21.7. The van der Waals surface area contributed by atoms with Gasteiger partial charge in [-0.15, -0.1) is 0 Å². The van der Waals surface area contributed by atoms with E-state index in [0.29, 0.717) is 36.4 Å². The first-order chi connectivity index (χ1) is 14.8. The number of amides is 1. The molecule has 0 atom stereocenters. The van der Waals surface area contributed by atoms with E-state index in [9.17, 15) is 9.18 Å². The van der Waals surface area contributed by atoms with Gasteiger partial charge in [0.05, 0.1) is 32.2 Å². The zero-order valence-electron chi connectivity index (χ0n) is 15.8. The number of carbonyl (C=O) groups is 1. The second kappa shape index (κ2) is 11.0. The molecular weight excluding hydrogens is 530 g/mol. The number of hydrazone groups is 1. The average molecular weight is 545 g/mol. The molecule has 0 saturated heterocycles. The number of ether oxygens (including phenoxy) is 1. The molecule has 0 bridgehead atoms. The Morgan fingerprint density at radius 2 is 1.71 bits per heavy atom. The van der Waals surface area contributed by atoms with Crippen molar-refractivity contribution in [1.29, 1.82) is 0 Å². The lowest BCUT2D eigenvalue weighted by Gasteiger charge is -2.11. The van der Waals surface area contributed by atoms with Crippen molar-refractivity contribution in [1.82, 2.24) is 5.43 Å². The molecule has 3 aromatic carbocycles. The van der Waals surface area contributed by atoms with Crippen LogP contribution in [0.1, 0.15) is 16.7 Å². The minimum Gasteiger partial charge on any atom is -0.486 e. The van der Waals surface area contributed by atoms with Crippen molar-refractivity contribution < 1.29 is 13.9 Å². The maximum atomic E-state index is 12.9. The van der Waals surface area contributed by atoms with E-state index < -0.39 is 0 Å². The summed E-state index contributed by atoms with van der Waals surface area (Å²) in [4.78, 5) is 11.9. The van der Waals surface area contributed by atoms with Crippen LogP contribution in [-0.4, -0.2) is 12.1 Å². The molecule has 0 fully saturated rings. The van der Waals surface area contributed by atoms with Crippen LogP contribution in [0, 0.1) is 5.82 Å². The zero-order valence-corrected chi connectivity index (χ0v) is 19.7. The van der Waals surface area contributed by atoms with E-state index in [1.54, 1.807) is 36.4 Å². The van der Waals surface area contributed by atoms with Crippen molar-refractivity contribution in [2.24, 2.45) is 5.10 Å². The smallest absolute Gasteiger partial charge is 0.244 e. The molecular formula is C22H15BrCl3FN2O2. The Balaban J connectivity index is 1.59. The minimum atomic E-state index is -0.353. The second-order valence-electron chi connectivity index (χ2n) is 6.45. The first-order valence-electron chi connectivity index (χ1n) is 8.94. The van der Waals surface area contributed by atoms with Crippen LogP contribution in [0.3, 0.4) is 0 Å². The third kappa shape index (κ3) is 6.94. The van der Waals surface area contributed by atoms with E-state index in [4.69, 9.17) is 39.5 Å². The van der Waals surface area contributed by atoms with Crippen LogP contribution < -0.4 is 10.2 Å². The van der Waals surface area contributed by atoms with Gasteiger partial charge < -0.3 is 4.74 Å². The molecule has 0 aliphatic rings. The lowest BCUT2D eigenvalue weighted by molar-refractivity contribution is -0.120. The molecule has 0 spiro atoms. The molecule has 0 aromatic heterocycles. The Labute approximate surface area is 202 Å². The molecule has 0 unspecified atom stereocenters. The van der Waals surface area contributed by atoms with Crippen molar-refractivity contribution in [2.45, 2.75) is 13.0 Å². The van der Waals surface area contributed by atoms with Crippen molar-refractivity contribution >= 4 is 62.9 Å². The van der Waals surface area contributed by atoms with Crippen LogP contribution in [0.25, 0.3) is 0 Å². The van der Waals surface area contributed by atoms with E-state index >= 15 is 0 Å². The van der Waals surface area contributed by atoms with Gasteiger partial charge in [-0.3, -0.25) is 4.79 Å². The first kappa shape index (κ1) is 23.5. The Morgan fingerprint density at radius 1 is 1.00 bits per heavy atom. The van der Waals surface area contributed by atoms with Gasteiger partial charge in [0.2, 0.25) is 5.91 Å². The molecule has 9 heteroatoms. The summed E-state index contributed by atoms with van der Waals surface area (Å²) in [7, 11) is 0. The summed E-state index contributed by atoms with van der Waals surface area (Å²) < 4.78 is 19.3. The standard InChI is InChI=1S/C22H15BrCl3FN2O2/c23-17-7-15(11-28-29-21(30)10-13-1-4-16(27)5-2-13)9-20(26)22(17)31-12-14-3-6-18(24)19(25)8-14/h1-9,11H,10,12H2,(H,29,30)/b28-11+. The highest BCUT2D eigenvalue weighted by atomic mass is 79.9. The number of hydrogen-bond acceptors (Lipinski definition) is 3. The maximum Gasteiger partial charge on any atom is 0.244 e. The Hall–Kier alpha value is -2.12. The van der Waals surface area contributed by atoms with Gasteiger partial charge in [-0.1, -0.05) is 53.0 Å². The fourth-order valence-electron chi connectivity index (χ4n) is 2.58. The highest BCUT2D eigenvalue weighted by molar-refractivity contribution is 9.10. The molecule has 31 heavy (non-hydrogen) atoms. The van der Waals surface area contributed by atoms with E-state index in [2.05, 4.69) is 26.5 Å². The van der Waals surface area contributed by atoms with Crippen LogP contribution in [0.4, 0.5) is 4.39 Å². The van der Waals surface area contributed by atoms with E-state index in [0.717, 1.165) is 5.56 Å². The predicted octanol–water partition coefficient (Wildman–Crippen LogP) is 6.82. The van der Waals surface area contributed by atoms with E-state index in [1.807, 2.05) is 6.07 Å². The Kier molecular flexibility index (Phi) is 8.32. The minimum absolute atomic E-state index is 0.0869. The van der Waals surface area contributed by atoms with Crippen molar-refractivity contribution in [2.75, 3.05) is 0 Å². The summed E-state index contributed by atoms with van der Waals surface area (Å²) in [5.41, 5.74) is 4.61. The fraction of sp³-hybridized carbons (Fsp3) is 0.0909. The van der Waals surface area contributed by atoms with Gasteiger partial charge in [-0.25, -0.2) is 9.82 Å². The van der Waals surface area contributed by atoms with Gasteiger partial charge in [0, 0.05) is 0 Å². The largest absolute Gasteiger partial charge is 0.486 e. The average Bonchev–Trinajstić information content (AvgIpc) is 2.71. The number of nitrogens with one attached hydrogen (secondary N) is 1. The molecule has 0 heterocycles. The van der Waals surface area contributed by atoms with Crippen LogP contribution in [0.2, 0.25) is 15.1 Å². The van der Waals surface area contributed by atoms with Crippen LogP contribution in [-0.2, 0) is 17.8 Å². The van der Waals surface area contributed by atoms with Crippen molar-refractivity contribution in [3.63, 3.8) is 0 Å².